The SMILES string of the molecule is Cl.N[C@@H](c1ccc(Cl)c(Cl)c1)[C@H](O)C(F)(F)F. The first-order chi connectivity index (χ1) is 7.23. The van der Waals surface area contributed by atoms with E-state index in [0.29, 0.717) is 0 Å². The minimum Gasteiger partial charge on any atom is -0.382 e. The molecule has 0 spiro atoms. The standard InChI is InChI=1S/C9H8Cl2F3NO.ClH/c10-5-2-1-4(3-6(5)11)7(15)8(16)9(12,13)14;/h1-3,7-8,16H,15H2;1H/t7-,8-;/m0./s1. The summed E-state index contributed by atoms with van der Waals surface area (Å²) in [6.45, 7) is 0. The third-order valence-electron chi connectivity index (χ3n) is 2.00. The van der Waals surface area contributed by atoms with Crippen molar-refractivity contribution in [2.75, 3.05) is 0 Å². The molecule has 0 radical (unpaired) electrons. The molecule has 2 atom stereocenters. The van der Waals surface area contributed by atoms with E-state index >= 15 is 0 Å². The maximum atomic E-state index is 12.2. The molecule has 1 rings (SSSR count). The Kier molecular flexibility index (Phi) is 6.04. The maximum absolute atomic E-state index is 12.2. The number of benzene rings is 1. The molecule has 0 amide bonds. The van der Waals surface area contributed by atoms with Gasteiger partial charge in [-0.05, 0) is 17.7 Å². The zero-order chi connectivity index (χ0) is 12.5. The van der Waals surface area contributed by atoms with Crippen LogP contribution < -0.4 is 5.73 Å². The van der Waals surface area contributed by atoms with E-state index < -0.39 is 18.3 Å². The normalized spacial score (nSPS) is 15.0. The zero-order valence-corrected chi connectivity index (χ0v) is 10.5. The fraction of sp³-hybridized carbons (Fsp3) is 0.333. The van der Waals surface area contributed by atoms with Crippen LogP contribution in [0, 0.1) is 0 Å². The molecule has 1 aromatic carbocycles. The van der Waals surface area contributed by atoms with Crippen molar-refractivity contribution in [1.29, 1.82) is 0 Å². The van der Waals surface area contributed by atoms with Gasteiger partial charge in [0.05, 0.1) is 16.1 Å². The van der Waals surface area contributed by atoms with Crippen LogP contribution in [0.4, 0.5) is 13.2 Å². The lowest BCUT2D eigenvalue weighted by atomic mass is 10.0. The first-order valence-corrected chi connectivity index (χ1v) is 4.94. The third kappa shape index (κ3) is 4.19. The van der Waals surface area contributed by atoms with Gasteiger partial charge in [-0.2, -0.15) is 13.2 Å². The molecule has 0 saturated heterocycles. The molecular weight excluding hydrogens is 301 g/mol. The van der Waals surface area contributed by atoms with E-state index in [1.165, 1.54) is 18.2 Å². The minimum atomic E-state index is -4.77. The van der Waals surface area contributed by atoms with Crippen LogP contribution in [-0.4, -0.2) is 17.4 Å². The van der Waals surface area contributed by atoms with Crippen LogP contribution in [-0.2, 0) is 0 Å². The number of hydrogen-bond donors (Lipinski definition) is 2. The lowest BCUT2D eigenvalue weighted by Gasteiger charge is -2.21. The first kappa shape index (κ1) is 16.8. The maximum Gasteiger partial charge on any atom is 0.416 e. The second-order valence-electron chi connectivity index (χ2n) is 3.19. The molecule has 0 aliphatic rings. The Bertz CT molecular complexity index is 386. The highest BCUT2D eigenvalue weighted by Gasteiger charge is 2.42. The van der Waals surface area contributed by atoms with E-state index in [1.54, 1.807) is 0 Å². The summed E-state index contributed by atoms with van der Waals surface area (Å²) in [7, 11) is 0. The summed E-state index contributed by atoms with van der Waals surface area (Å²) in [5.41, 5.74) is 5.34. The number of rotatable bonds is 2. The van der Waals surface area contributed by atoms with E-state index in [1.807, 2.05) is 0 Å². The van der Waals surface area contributed by atoms with Gasteiger partial charge < -0.3 is 10.8 Å². The summed E-state index contributed by atoms with van der Waals surface area (Å²) >= 11 is 11.2. The lowest BCUT2D eigenvalue weighted by molar-refractivity contribution is -0.210. The van der Waals surface area contributed by atoms with Crippen molar-refractivity contribution in [2.45, 2.75) is 18.3 Å². The number of aliphatic hydroxyl groups excluding tert-OH is 1. The van der Waals surface area contributed by atoms with Gasteiger partial charge in [0, 0.05) is 0 Å². The fourth-order valence-corrected chi connectivity index (χ4v) is 1.41. The van der Waals surface area contributed by atoms with Gasteiger partial charge >= 0.3 is 6.18 Å². The summed E-state index contributed by atoms with van der Waals surface area (Å²) in [6.07, 6.45) is -7.41. The van der Waals surface area contributed by atoms with Crippen LogP contribution in [0.5, 0.6) is 0 Å². The Morgan fingerprint density at radius 2 is 1.71 bits per heavy atom. The van der Waals surface area contributed by atoms with E-state index in [4.69, 9.17) is 34.0 Å². The van der Waals surface area contributed by atoms with Crippen molar-refractivity contribution in [3.05, 3.63) is 33.8 Å². The van der Waals surface area contributed by atoms with Crippen molar-refractivity contribution in [2.24, 2.45) is 5.73 Å². The summed E-state index contributed by atoms with van der Waals surface area (Å²) in [6, 6.07) is 2.22. The van der Waals surface area contributed by atoms with Gasteiger partial charge in [-0.25, -0.2) is 0 Å². The highest BCUT2D eigenvalue weighted by Crippen LogP contribution is 2.31. The Morgan fingerprint density at radius 1 is 1.18 bits per heavy atom. The molecule has 0 aliphatic carbocycles. The minimum absolute atomic E-state index is 0. The molecule has 0 unspecified atom stereocenters. The van der Waals surface area contributed by atoms with Crippen LogP contribution in [0.2, 0.25) is 10.0 Å². The van der Waals surface area contributed by atoms with Crippen LogP contribution in [0.15, 0.2) is 18.2 Å². The van der Waals surface area contributed by atoms with Crippen LogP contribution in [0.1, 0.15) is 11.6 Å². The average Bonchev–Trinajstić information content (AvgIpc) is 2.18. The van der Waals surface area contributed by atoms with Gasteiger partial charge in [-0.3, -0.25) is 0 Å². The summed E-state index contributed by atoms with van der Waals surface area (Å²) in [4.78, 5) is 0. The average molecular weight is 311 g/mol. The number of hydrogen-bond acceptors (Lipinski definition) is 2. The summed E-state index contributed by atoms with van der Waals surface area (Å²) < 4.78 is 36.5. The molecule has 17 heavy (non-hydrogen) atoms. The van der Waals surface area contributed by atoms with Crippen LogP contribution in [0.25, 0.3) is 0 Å². The Morgan fingerprint density at radius 3 is 2.12 bits per heavy atom. The second-order valence-corrected chi connectivity index (χ2v) is 4.00. The molecule has 0 heterocycles. The van der Waals surface area contributed by atoms with Crippen molar-refractivity contribution < 1.29 is 18.3 Å². The number of nitrogens with two attached hydrogens (primary N) is 1. The van der Waals surface area contributed by atoms with E-state index in [0.717, 1.165) is 0 Å². The molecule has 0 bridgehead atoms. The van der Waals surface area contributed by atoms with Gasteiger partial charge in [0.25, 0.3) is 0 Å². The van der Waals surface area contributed by atoms with Gasteiger partial charge in [-0.15, -0.1) is 12.4 Å². The molecule has 3 N–H and O–H groups in total. The number of alkyl halides is 3. The van der Waals surface area contributed by atoms with Gasteiger partial charge in [-0.1, -0.05) is 29.3 Å². The van der Waals surface area contributed by atoms with Gasteiger partial charge in [0.2, 0.25) is 0 Å². The number of aliphatic hydroxyl groups is 1. The highest BCUT2D eigenvalue weighted by molar-refractivity contribution is 6.42. The topological polar surface area (TPSA) is 46.2 Å². The largest absolute Gasteiger partial charge is 0.416 e. The molecule has 0 saturated carbocycles. The van der Waals surface area contributed by atoms with Crippen molar-refractivity contribution in [3.8, 4) is 0 Å². The van der Waals surface area contributed by atoms with Crippen molar-refractivity contribution in [1.82, 2.24) is 0 Å². The van der Waals surface area contributed by atoms with Crippen LogP contribution in [0.3, 0.4) is 0 Å². The summed E-state index contributed by atoms with van der Waals surface area (Å²) in [5.74, 6) is 0. The fourth-order valence-electron chi connectivity index (χ4n) is 1.11. The van der Waals surface area contributed by atoms with Crippen molar-refractivity contribution >= 4 is 35.6 Å². The monoisotopic (exact) mass is 309 g/mol. The molecule has 0 aromatic heterocycles. The quantitative estimate of drug-likeness (QED) is 0.880. The van der Waals surface area contributed by atoms with Crippen LogP contribution >= 0.6 is 35.6 Å². The molecular formula is C9H9Cl3F3NO. The van der Waals surface area contributed by atoms with E-state index in [2.05, 4.69) is 0 Å². The zero-order valence-electron chi connectivity index (χ0n) is 8.21. The van der Waals surface area contributed by atoms with Gasteiger partial charge in [0.1, 0.15) is 0 Å². The Balaban J connectivity index is 0.00000256. The summed E-state index contributed by atoms with van der Waals surface area (Å²) in [5, 5.41) is 9.24. The lowest BCUT2D eigenvalue weighted by Crippen LogP contribution is -2.38. The Labute approximate surface area is 112 Å². The molecule has 0 aliphatic heterocycles. The van der Waals surface area contributed by atoms with Gasteiger partial charge in [0.15, 0.2) is 6.10 Å². The molecule has 98 valence electrons. The smallest absolute Gasteiger partial charge is 0.382 e. The molecule has 8 heteroatoms. The number of halogens is 6. The second kappa shape index (κ2) is 6.11. The van der Waals surface area contributed by atoms with Crippen molar-refractivity contribution in [3.63, 3.8) is 0 Å². The molecule has 1 aromatic rings. The van der Waals surface area contributed by atoms with E-state index in [9.17, 15) is 13.2 Å². The predicted molar refractivity (Wildman–Crippen MR) is 62.7 cm³/mol. The van der Waals surface area contributed by atoms with E-state index in [-0.39, 0.29) is 28.0 Å². The molecule has 0 fully saturated rings. The predicted octanol–water partition coefficient (Wildman–Crippen LogP) is 3.34. The third-order valence-corrected chi connectivity index (χ3v) is 2.74. The first-order valence-electron chi connectivity index (χ1n) is 4.19. The molecule has 2 nitrogen and oxygen atoms in total. The Hall–Kier alpha value is -0.200. The highest BCUT2D eigenvalue weighted by atomic mass is 35.5.